The number of nitrogens with one attached hydrogen (secondary N) is 1. The molecule has 0 radical (unpaired) electrons. The Morgan fingerprint density at radius 3 is 2.12 bits per heavy atom. The third kappa shape index (κ3) is 5.72. The molecule has 1 amide bonds. The zero-order chi connectivity index (χ0) is 19.0. The fraction of sp³-hybridized carbons (Fsp3) is 0.389. The molecule has 0 aliphatic rings. The van der Waals surface area contributed by atoms with Gasteiger partial charge < -0.3 is 10.2 Å². The molecular formula is C18H27N3O3S. The Kier molecular flexibility index (Phi) is 7.86. The van der Waals surface area contributed by atoms with Crippen molar-refractivity contribution in [3.8, 4) is 0 Å². The molecule has 0 fully saturated rings. The highest BCUT2D eigenvalue weighted by Gasteiger charge is 2.22. The van der Waals surface area contributed by atoms with Crippen LogP contribution in [0.3, 0.4) is 0 Å². The molecule has 0 bridgehead atoms. The van der Waals surface area contributed by atoms with Gasteiger partial charge in [0.2, 0.25) is 15.9 Å². The topological polar surface area (TPSA) is 69.7 Å². The van der Waals surface area contributed by atoms with E-state index >= 15 is 0 Å². The van der Waals surface area contributed by atoms with Crippen molar-refractivity contribution in [2.45, 2.75) is 24.8 Å². The number of hydrogen-bond donors (Lipinski definition) is 1. The maximum absolute atomic E-state index is 12.4. The molecule has 0 spiro atoms. The van der Waals surface area contributed by atoms with Crippen molar-refractivity contribution in [2.24, 2.45) is 0 Å². The number of anilines is 1. The van der Waals surface area contributed by atoms with Crippen LogP contribution in [0.25, 0.3) is 0 Å². The Morgan fingerprint density at radius 2 is 1.68 bits per heavy atom. The first-order chi connectivity index (χ1) is 11.7. The predicted molar refractivity (Wildman–Crippen MR) is 102 cm³/mol. The largest absolute Gasteiger partial charge is 0.376 e. The van der Waals surface area contributed by atoms with E-state index in [0.717, 1.165) is 0 Å². The smallest absolute Gasteiger partial charge is 0.243 e. The second-order valence-corrected chi connectivity index (χ2v) is 7.87. The average Bonchev–Trinajstić information content (AvgIpc) is 2.59. The van der Waals surface area contributed by atoms with Gasteiger partial charge in [-0.1, -0.05) is 12.2 Å². The molecule has 0 unspecified atom stereocenters. The minimum atomic E-state index is -3.51. The summed E-state index contributed by atoms with van der Waals surface area (Å²) in [4.78, 5) is 14.0. The van der Waals surface area contributed by atoms with Gasteiger partial charge in [-0.3, -0.25) is 4.79 Å². The van der Waals surface area contributed by atoms with E-state index in [2.05, 4.69) is 18.5 Å². The molecule has 0 aliphatic heterocycles. The molecule has 25 heavy (non-hydrogen) atoms. The van der Waals surface area contributed by atoms with Crippen LogP contribution in [-0.2, 0) is 14.8 Å². The molecule has 0 heterocycles. The van der Waals surface area contributed by atoms with Gasteiger partial charge in [0.1, 0.15) is 0 Å². The van der Waals surface area contributed by atoms with Crippen molar-refractivity contribution in [1.82, 2.24) is 9.21 Å². The van der Waals surface area contributed by atoms with Crippen LogP contribution in [0, 0.1) is 0 Å². The molecular weight excluding hydrogens is 338 g/mol. The van der Waals surface area contributed by atoms with Crippen LogP contribution in [0.5, 0.6) is 0 Å². The molecule has 1 aromatic carbocycles. The Morgan fingerprint density at radius 1 is 1.16 bits per heavy atom. The van der Waals surface area contributed by atoms with Gasteiger partial charge in [0.15, 0.2) is 0 Å². The quantitative estimate of drug-likeness (QED) is 0.646. The monoisotopic (exact) mass is 365 g/mol. The number of benzene rings is 1. The van der Waals surface area contributed by atoms with Gasteiger partial charge in [-0.05, 0) is 38.1 Å². The second-order valence-electron chi connectivity index (χ2n) is 5.87. The van der Waals surface area contributed by atoms with E-state index in [9.17, 15) is 13.2 Å². The summed E-state index contributed by atoms with van der Waals surface area (Å²) in [6.45, 7) is 11.9. The molecule has 1 rings (SSSR count). The van der Waals surface area contributed by atoms with Gasteiger partial charge in [-0.2, -0.15) is 4.31 Å². The highest BCUT2D eigenvalue weighted by molar-refractivity contribution is 7.89. The van der Waals surface area contributed by atoms with Crippen LogP contribution >= 0.6 is 0 Å². The lowest BCUT2D eigenvalue weighted by Gasteiger charge is -2.21. The minimum Gasteiger partial charge on any atom is -0.376 e. The van der Waals surface area contributed by atoms with E-state index in [0.29, 0.717) is 18.8 Å². The fourth-order valence-electron chi connectivity index (χ4n) is 2.07. The normalized spacial score (nSPS) is 11.4. The van der Waals surface area contributed by atoms with Gasteiger partial charge in [-0.25, -0.2) is 8.42 Å². The zero-order valence-electron chi connectivity index (χ0n) is 15.1. The summed E-state index contributed by atoms with van der Waals surface area (Å²) in [7, 11) is -1.95. The van der Waals surface area contributed by atoms with Crippen LogP contribution in [0.1, 0.15) is 13.8 Å². The SMILES string of the molecule is C=CCN(CC=C)C(=O)CNc1ccc(S(=O)(=O)N(C)C(C)C)cc1. The molecule has 1 N–H and O–H groups in total. The standard InChI is InChI=1S/C18H27N3O3S/c1-6-12-21(13-7-2)18(22)14-19-16-8-10-17(11-9-16)25(23,24)20(5)15(3)4/h6-11,15,19H,1-2,12-14H2,3-5H3. The van der Waals surface area contributed by atoms with Gasteiger partial charge in [0.25, 0.3) is 0 Å². The molecule has 138 valence electrons. The summed E-state index contributed by atoms with van der Waals surface area (Å²) in [6, 6.07) is 6.25. The van der Waals surface area contributed by atoms with Crippen molar-refractivity contribution in [2.75, 3.05) is 32.0 Å². The number of rotatable bonds is 10. The number of amides is 1. The number of hydrogen-bond acceptors (Lipinski definition) is 4. The van der Waals surface area contributed by atoms with Crippen LogP contribution in [0.15, 0.2) is 54.5 Å². The third-order valence-electron chi connectivity index (χ3n) is 3.75. The highest BCUT2D eigenvalue weighted by atomic mass is 32.2. The summed E-state index contributed by atoms with van der Waals surface area (Å²) in [5.74, 6) is -0.0870. The molecule has 0 saturated carbocycles. The van der Waals surface area contributed by atoms with Crippen LogP contribution < -0.4 is 5.32 Å². The zero-order valence-corrected chi connectivity index (χ0v) is 15.9. The maximum atomic E-state index is 12.4. The first-order valence-electron chi connectivity index (χ1n) is 8.05. The van der Waals surface area contributed by atoms with Crippen LogP contribution in [0.2, 0.25) is 0 Å². The molecule has 0 aromatic heterocycles. The van der Waals surface area contributed by atoms with Gasteiger partial charge in [-0.15, -0.1) is 13.2 Å². The summed E-state index contributed by atoms with van der Waals surface area (Å²) in [5.41, 5.74) is 0.677. The fourth-order valence-corrected chi connectivity index (χ4v) is 3.44. The van der Waals surface area contributed by atoms with E-state index in [1.54, 1.807) is 36.2 Å². The molecule has 0 saturated heterocycles. The number of nitrogens with zero attached hydrogens (tertiary/aromatic N) is 2. The maximum Gasteiger partial charge on any atom is 0.243 e. The summed E-state index contributed by atoms with van der Waals surface area (Å²) in [5, 5.41) is 3.00. The summed E-state index contributed by atoms with van der Waals surface area (Å²) < 4.78 is 26.1. The molecule has 0 aliphatic carbocycles. The lowest BCUT2D eigenvalue weighted by atomic mass is 10.3. The van der Waals surface area contributed by atoms with E-state index < -0.39 is 10.0 Å². The van der Waals surface area contributed by atoms with Gasteiger partial charge in [0.05, 0.1) is 11.4 Å². The summed E-state index contributed by atoms with van der Waals surface area (Å²) >= 11 is 0. The molecule has 0 atom stereocenters. The number of sulfonamides is 1. The Hall–Kier alpha value is -2.12. The van der Waals surface area contributed by atoms with Crippen LogP contribution in [0.4, 0.5) is 5.69 Å². The van der Waals surface area contributed by atoms with E-state index in [1.165, 1.54) is 16.4 Å². The van der Waals surface area contributed by atoms with E-state index in [4.69, 9.17) is 0 Å². The van der Waals surface area contributed by atoms with E-state index in [1.807, 2.05) is 13.8 Å². The van der Waals surface area contributed by atoms with Gasteiger partial charge >= 0.3 is 0 Å². The third-order valence-corrected chi connectivity index (χ3v) is 5.80. The van der Waals surface area contributed by atoms with Gasteiger partial charge in [0, 0.05) is 31.9 Å². The van der Waals surface area contributed by atoms with Crippen molar-refractivity contribution >= 4 is 21.6 Å². The minimum absolute atomic E-state index is 0.0870. The van der Waals surface area contributed by atoms with Crippen LogP contribution in [-0.4, -0.2) is 56.3 Å². The first kappa shape index (κ1) is 20.9. The Bertz CT molecular complexity index is 687. The molecule has 6 nitrogen and oxygen atoms in total. The van der Waals surface area contributed by atoms with Crippen molar-refractivity contribution in [1.29, 1.82) is 0 Å². The number of carbonyl (C=O) groups excluding carboxylic acids is 1. The predicted octanol–water partition coefficient (Wildman–Crippen LogP) is 2.33. The van der Waals surface area contributed by atoms with Crippen molar-refractivity contribution in [3.63, 3.8) is 0 Å². The summed E-state index contributed by atoms with van der Waals surface area (Å²) in [6.07, 6.45) is 3.32. The second kappa shape index (κ2) is 9.39. The van der Waals surface area contributed by atoms with E-state index in [-0.39, 0.29) is 23.4 Å². The Labute approximate surface area is 150 Å². The lowest BCUT2D eigenvalue weighted by Crippen LogP contribution is -2.35. The average molecular weight is 365 g/mol. The van der Waals surface area contributed by atoms with Crippen molar-refractivity contribution in [3.05, 3.63) is 49.6 Å². The lowest BCUT2D eigenvalue weighted by molar-refractivity contribution is -0.128. The molecule has 1 aromatic rings. The highest BCUT2D eigenvalue weighted by Crippen LogP contribution is 2.18. The number of carbonyl (C=O) groups is 1. The Balaban J connectivity index is 2.76. The van der Waals surface area contributed by atoms with Crippen molar-refractivity contribution < 1.29 is 13.2 Å². The first-order valence-corrected chi connectivity index (χ1v) is 9.49. The molecule has 7 heteroatoms.